The smallest absolute Gasteiger partial charge is 0.287 e. The van der Waals surface area contributed by atoms with Crippen LogP contribution < -0.4 is 0 Å². The van der Waals surface area contributed by atoms with Gasteiger partial charge in [0.2, 0.25) is 5.78 Å². The predicted molar refractivity (Wildman–Crippen MR) is 75.5 cm³/mol. The van der Waals surface area contributed by atoms with E-state index >= 15 is 0 Å². The molecule has 21 heavy (non-hydrogen) atoms. The molecule has 0 aliphatic heterocycles. The van der Waals surface area contributed by atoms with Crippen molar-refractivity contribution in [1.29, 1.82) is 0 Å². The van der Waals surface area contributed by atoms with E-state index in [9.17, 15) is 18.0 Å². The minimum atomic E-state index is -4.52. The molecule has 0 atom stereocenters. The van der Waals surface area contributed by atoms with Crippen molar-refractivity contribution in [3.63, 3.8) is 0 Å². The number of aromatic nitrogens is 2. The molecule has 0 bridgehead atoms. The SMILES string of the molecule is CCn1ncc(Cl)c1C(=O)c1cc(C(F)(F)F)ccc1Br. The molecule has 0 N–H and O–H groups in total. The highest BCUT2D eigenvalue weighted by Gasteiger charge is 2.32. The maximum atomic E-state index is 12.8. The summed E-state index contributed by atoms with van der Waals surface area (Å²) in [4.78, 5) is 12.5. The van der Waals surface area contributed by atoms with Gasteiger partial charge in [0, 0.05) is 16.6 Å². The van der Waals surface area contributed by atoms with Crippen LogP contribution in [0.3, 0.4) is 0 Å². The first-order valence-corrected chi connectivity index (χ1v) is 7.05. The van der Waals surface area contributed by atoms with E-state index in [1.165, 1.54) is 16.9 Å². The van der Waals surface area contributed by atoms with Gasteiger partial charge in [0.25, 0.3) is 0 Å². The van der Waals surface area contributed by atoms with Gasteiger partial charge < -0.3 is 0 Å². The Morgan fingerprint density at radius 1 is 1.43 bits per heavy atom. The molecule has 0 aliphatic rings. The lowest BCUT2D eigenvalue weighted by atomic mass is 10.0. The number of alkyl halides is 3. The number of nitrogens with zero attached hydrogens (tertiary/aromatic N) is 2. The van der Waals surface area contributed by atoms with Gasteiger partial charge in [0.05, 0.1) is 16.8 Å². The standard InChI is InChI=1S/C13H9BrClF3N2O/c1-2-20-11(10(15)6-19-20)12(21)8-5-7(13(16,17)18)3-4-9(8)14/h3-6H,2H2,1H3. The molecule has 1 heterocycles. The summed E-state index contributed by atoms with van der Waals surface area (Å²) in [5.41, 5.74) is -0.936. The maximum absolute atomic E-state index is 12.8. The van der Waals surface area contributed by atoms with E-state index in [1.807, 2.05) is 0 Å². The van der Waals surface area contributed by atoms with Crippen LogP contribution in [0.5, 0.6) is 0 Å². The number of halogens is 5. The molecule has 0 aliphatic carbocycles. The zero-order chi connectivity index (χ0) is 15.8. The largest absolute Gasteiger partial charge is 0.416 e. The molecule has 2 aromatic rings. The Morgan fingerprint density at radius 2 is 2.10 bits per heavy atom. The molecule has 1 aromatic carbocycles. The third kappa shape index (κ3) is 3.13. The lowest BCUT2D eigenvalue weighted by Crippen LogP contribution is -2.13. The first-order valence-electron chi connectivity index (χ1n) is 5.88. The molecule has 0 unspecified atom stereocenters. The van der Waals surface area contributed by atoms with Crippen molar-refractivity contribution in [2.24, 2.45) is 0 Å². The van der Waals surface area contributed by atoms with Crippen LogP contribution in [-0.2, 0) is 12.7 Å². The van der Waals surface area contributed by atoms with Gasteiger partial charge in [-0.2, -0.15) is 18.3 Å². The molecule has 112 valence electrons. The fourth-order valence-electron chi connectivity index (χ4n) is 1.83. The highest BCUT2D eigenvalue weighted by Crippen LogP contribution is 2.33. The summed E-state index contributed by atoms with van der Waals surface area (Å²) < 4.78 is 39.9. The predicted octanol–water partition coefficient (Wildman–Crippen LogP) is 4.57. The van der Waals surface area contributed by atoms with Gasteiger partial charge in [-0.3, -0.25) is 9.48 Å². The summed E-state index contributed by atoms with van der Waals surface area (Å²) in [7, 11) is 0. The lowest BCUT2D eigenvalue weighted by Gasteiger charge is -2.11. The minimum Gasteiger partial charge on any atom is -0.287 e. The average Bonchev–Trinajstić information content (AvgIpc) is 2.78. The van der Waals surface area contributed by atoms with Crippen molar-refractivity contribution in [2.75, 3.05) is 0 Å². The van der Waals surface area contributed by atoms with E-state index < -0.39 is 17.5 Å². The molecule has 0 fully saturated rings. The van der Waals surface area contributed by atoms with Gasteiger partial charge in [-0.1, -0.05) is 27.5 Å². The van der Waals surface area contributed by atoms with Crippen molar-refractivity contribution in [3.8, 4) is 0 Å². The Morgan fingerprint density at radius 3 is 2.67 bits per heavy atom. The molecule has 0 saturated heterocycles. The summed E-state index contributed by atoms with van der Waals surface area (Å²) in [5.74, 6) is -0.614. The van der Waals surface area contributed by atoms with Crippen LogP contribution in [0.2, 0.25) is 5.02 Å². The van der Waals surface area contributed by atoms with Gasteiger partial charge >= 0.3 is 6.18 Å². The highest BCUT2D eigenvalue weighted by molar-refractivity contribution is 9.10. The van der Waals surface area contributed by atoms with E-state index in [0.717, 1.165) is 12.1 Å². The zero-order valence-electron chi connectivity index (χ0n) is 10.7. The lowest BCUT2D eigenvalue weighted by molar-refractivity contribution is -0.137. The molecular formula is C13H9BrClF3N2O. The Balaban J connectivity index is 2.55. The molecule has 0 saturated carbocycles. The summed E-state index contributed by atoms with van der Waals surface area (Å²) in [6.45, 7) is 2.13. The quantitative estimate of drug-likeness (QED) is 0.730. The van der Waals surface area contributed by atoms with Crippen LogP contribution in [0.25, 0.3) is 0 Å². The van der Waals surface area contributed by atoms with Crippen LogP contribution in [0.1, 0.15) is 28.5 Å². The number of ketones is 1. The second-order valence-electron chi connectivity index (χ2n) is 4.18. The molecule has 2 rings (SSSR count). The Bertz CT molecular complexity index is 697. The number of benzene rings is 1. The van der Waals surface area contributed by atoms with Crippen LogP contribution in [0, 0.1) is 0 Å². The van der Waals surface area contributed by atoms with Crippen molar-refractivity contribution in [2.45, 2.75) is 19.6 Å². The third-order valence-corrected chi connectivity index (χ3v) is 3.82. The number of rotatable bonds is 3. The maximum Gasteiger partial charge on any atom is 0.416 e. The summed E-state index contributed by atoms with van der Waals surface area (Å²) in [5, 5.41) is 4.01. The monoisotopic (exact) mass is 380 g/mol. The fraction of sp³-hybridized carbons (Fsp3) is 0.231. The highest BCUT2D eigenvalue weighted by atomic mass is 79.9. The van der Waals surface area contributed by atoms with Gasteiger partial charge in [-0.25, -0.2) is 0 Å². The van der Waals surface area contributed by atoms with Crippen LogP contribution in [-0.4, -0.2) is 15.6 Å². The molecule has 3 nitrogen and oxygen atoms in total. The minimum absolute atomic E-state index is 0.0687. The molecular weight excluding hydrogens is 373 g/mol. The van der Waals surface area contributed by atoms with Gasteiger partial charge in [0.15, 0.2) is 0 Å². The summed E-state index contributed by atoms with van der Waals surface area (Å²) in [6.07, 6.45) is -3.23. The third-order valence-electron chi connectivity index (χ3n) is 2.85. The van der Waals surface area contributed by atoms with E-state index in [-0.39, 0.29) is 20.8 Å². The molecule has 8 heteroatoms. The number of carbonyl (C=O) groups is 1. The number of carbonyl (C=O) groups excluding carboxylic acids is 1. The van der Waals surface area contributed by atoms with Crippen LogP contribution >= 0.6 is 27.5 Å². The molecule has 0 radical (unpaired) electrons. The Labute approximate surface area is 131 Å². The average molecular weight is 382 g/mol. The second kappa shape index (κ2) is 5.81. The second-order valence-corrected chi connectivity index (χ2v) is 5.44. The summed E-state index contributed by atoms with van der Waals surface area (Å²) >= 11 is 9.00. The molecule has 0 amide bonds. The van der Waals surface area contributed by atoms with E-state index in [2.05, 4.69) is 21.0 Å². The van der Waals surface area contributed by atoms with E-state index in [4.69, 9.17) is 11.6 Å². The topological polar surface area (TPSA) is 34.9 Å². The van der Waals surface area contributed by atoms with Crippen molar-refractivity contribution in [1.82, 2.24) is 9.78 Å². The first-order chi connectivity index (χ1) is 9.75. The van der Waals surface area contributed by atoms with Gasteiger partial charge in [0.1, 0.15) is 5.69 Å². The normalized spacial score (nSPS) is 11.7. The van der Waals surface area contributed by atoms with Crippen LogP contribution in [0.4, 0.5) is 13.2 Å². The van der Waals surface area contributed by atoms with Crippen molar-refractivity contribution >= 4 is 33.3 Å². The number of hydrogen-bond donors (Lipinski definition) is 0. The summed E-state index contributed by atoms with van der Waals surface area (Å²) in [6, 6.07) is 2.89. The zero-order valence-corrected chi connectivity index (χ0v) is 13.1. The van der Waals surface area contributed by atoms with Crippen molar-refractivity contribution in [3.05, 3.63) is 50.7 Å². The van der Waals surface area contributed by atoms with Crippen LogP contribution in [0.15, 0.2) is 28.9 Å². The number of aryl methyl sites for hydroxylation is 1. The van der Waals surface area contributed by atoms with Gasteiger partial charge in [-0.05, 0) is 25.1 Å². The van der Waals surface area contributed by atoms with Gasteiger partial charge in [-0.15, -0.1) is 0 Å². The number of hydrogen-bond acceptors (Lipinski definition) is 2. The Kier molecular flexibility index (Phi) is 4.43. The molecule has 0 spiro atoms. The fourth-order valence-corrected chi connectivity index (χ4v) is 2.48. The Hall–Kier alpha value is -1.34. The first kappa shape index (κ1) is 16.0. The van der Waals surface area contributed by atoms with E-state index in [0.29, 0.717) is 6.54 Å². The molecule has 1 aromatic heterocycles. The van der Waals surface area contributed by atoms with Crippen molar-refractivity contribution < 1.29 is 18.0 Å². The van der Waals surface area contributed by atoms with E-state index in [1.54, 1.807) is 6.92 Å².